The van der Waals surface area contributed by atoms with Crippen LogP contribution in [0.5, 0.6) is 0 Å². The molecular formula is C51H38N2. The van der Waals surface area contributed by atoms with Gasteiger partial charge in [0, 0.05) is 38.9 Å². The van der Waals surface area contributed by atoms with Crippen molar-refractivity contribution in [2.45, 2.75) is 19.3 Å². The maximum atomic E-state index is 9.34. The number of hydrogen-bond donors (Lipinski definition) is 0. The summed E-state index contributed by atoms with van der Waals surface area (Å²) in [6, 6.07) is 64.2. The van der Waals surface area contributed by atoms with Crippen molar-refractivity contribution in [3.8, 4) is 16.8 Å². The van der Waals surface area contributed by atoms with Gasteiger partial charge < -0.3 is 9.47 Å². The van der Waals surface area contributed by atoms with Crippen LogP contribution in [0.25, 0.3) is 61.5 Å². The van der Waals surface area contributed by atoms with Crippen LogP contribution in [-0.2, 0) is 5.41 Å². The molecule has 10 rings (SSSR count). The third-order valence-electron chi connectivity index (χ3n) is 11.0. The van der Waals surface area contributed by atoms with E-state index in [1.807, 2.05) is 18.2 Å². The summed E-state index contributed by atoms with van der Waals surface area (Å²) in [7, 11) is 0. The van der Waals surface area contributed by atoms with Crippen molar-refractivity contribution in [3.63, 3.8) is 0 Å². The Balaban J connectivity index is 1.04. The van der Waals surface area contributed by atoms with Crippen molar-refractivity contribution < 1.29 is 2.74 Å². The highest BCUT2D eigenvalue weighted by molar-refractivity contribution is 6.10. The van der Waals surface area contributed by atoms with Gasteiger partial charge in [0.1, 0.15) is 0 Å². The molecule has 0 bridgehead atoms. The van der Waals surface area contributed by atoms with Gasteiger partial charge in [-0.2, -0.15) is 0 Å². The summed E-state index contributed by atoms with van der Waals surface area (Å²) >= 11 is 0. The van der Waals surface area contributed by atoms with E-state index in [0.29, 0.717) is 0 Å². The first-order chi connectivity index (χ1) is 26.9. The summed E-state index contributed by atoms with van der Waals surface area (Å²) in [5, 5.41) is 4.62. The first kappa shape index (κ1) is 29.0. The van der Waals surface area contributed by atoms with Crippen LogP contribution in [0.1, 0.15) is 38.8 Å². The van der Waals surface area contributed by atoms with E-state index in [1.165, 1.54) is 33.0 Å². The molecule has 0 radical (unpaired) electrons. The average molecular weight is 681 g/mol. The molecule has 0 unspecified atom stereocenters. The Morgan fingerprint density at radius 3 is 1.87 bits per heavy atom. The quantitative estimate of drug-likeness (QED) is 0.159. The number of para-hydroxylation sites is 3. The Morgan fingerprint density at radius 1 is 0.472 bits per heavy atom. The van der Waals surface area contributed by atoms with Crippen LogP contribution in [-0.4, -0.2) is 4.57 Å². The van der Waals surface area contributed by atoms with Crippen LogP contribution in [0.4, 0.5) is 17.1 Å². The highest BCUT2D eigenvalue weighted by Gasteiger charge is 2.36. The van der Waals surface area contributed by atoms with Crippen molar-refractivity contribution in [1.82, 2.24) is 4.57 Å². The zero-order chi connectivity index (χ0) is 37.3. The number of fused-ring (bicyclic) bond motifs is 7. The number of hydrogen-bond acceptors (Lipinski definition) is 1. The van der Waals surface area contributed by atoms with Crippen LogP contribution in [0.15, 0.2) is 182 Å². The van der Waals surface area contributed by atoms with Crippen LogP contribution in [0.2, 0.25) is 0 Å². The number of rotatable bonds is 6. The van der Waals surface area contributed by atoms with E-state index in [1.54, 1.807) is 0 Å². The van der Waals surface area contributed by atoms with Gasteiger partial charge >= 0.3 is 0 Å². The lowest BCUT2D eigenvalue weighted by Gasteiger charge is -2.28. The van der Waals surface area contributed by atoms with E-state index in [4.69, 9.17) is 0 Å². The Kier molecular flexibility index (Phi) is 6.70. The summed E-state index contributed by atoms with van der Waals surface area (Å²) in [5.41, 5.74) is 12.6. The summed E-state index contributed by atoms with van der Waals surface area (Å²) in [6.45, 7) is 4.55. The van der Waals surface area contributed by atoms with Gasteiger partial charge in [0.15, 0.2) is 0 Å². The average Bonchev–Trinajstić information content (AvgIpc) is 3.68. The normalized spacial score (nSPS) is 14.1. The number of nitrogens with zero attached hydrogens (tertiary/aromatic N) is 2. The Morgan fingerprint density at radius 2 is 1.06 bits per heavy atom. The van der Waals surface area contributed by atoms with Gasteiger partial charge in [-0.15, -0.1) is 0 Å². The van der Waals surface area contributed by atoms with Crippen LogP contribution >= 0.6 is 0 Å². The zero-order valence-corrected chi connectivity index (χ0v) is 29.7. The van der Waals surface area contributed by atoms with Gasteiger partial charge in [0.2, 0.25) is 0 Å². The van der Waals surface area contributed by atoms with E-state index in [9.17, 15) is 2.74 Å². The second kappa shape index (κ2) is 12.3. The van der Waals surface area contributed by atoms with Crippen molar-refractivity contribution in [3.05, 3.63) is 204 Å². The molecule has 0 fully saturated rings. The lowest BCUT2D eigenvalue weighted by molar-refractivity contribution is 0.660. The number of aromatic nitrogens is 1. The number of anilines is 3. The molecule has 53 heavy (non-hydrogen) atoms. The Hall–Kier alpha value is -6.64. The first-order valence-electron chi connectivity index (χ1n) is 19.3. The smallest absolute Gasteiger partial charge is 0.0629 e. The molecule has 252 valence electrons. The van der Waals surface area contributed by atoms with Gasteiger partial charge in [0.05, 0.1) is 13.8 Å². The summed E-state index contributed by atoms with van der Waals surface area (Å²) in [6.07, 6.45) is 0. The Bertz CT molecular complexity index is 2980. The molecule has 0 N–H and O–H groups in total. The molecule has 0 saturated heterocycles. The highest BCUT2D eigenvalue weighted by Crippen LogP contribution is 2.51. The minimum Gasteiger partial charge on any atom is -0.310 e. The van der Waals surface area contributed by atoms with Gasteiger partial charge in [-0.05, 0) is 111 Å². The van der Waals surface area contributed by atoms with Crippen LogP contribution < -0.4 is 4.90 Å². The molecule has 8 aromatic carbocycles. The zero-order valence-electron chi connectivity index (χ0n) is 31.7. The summed E-state index contributed by atoms with van der Waals surface area (Å²) in [5.74, 6) is 0. The standard InChI is InChI=1S/C51H38N2/c1-51(2)47-32-36(22-21-35-24-30-50-46(31-35)45-19-11-12-20-49(45)53(50)40-17-7-4-8-18-40)23-28-43(47)44-29-27-42(34-48(44)51)52(39-15-5-3-6-16-39)41-26-25-37-13-9-10-14-38(37)33-41/h3-34H,1-2H3/b22-21+/i21D,22D. The molecule has 0 spiro atoms. The first-order valence-corrected chi connectivity index (χ1v) is 18.3. The van der Waals surface area contributed by atoms with E-state index >= 15 is 0 Å². The molecule has 0 atom stereocenters. The predicted octanol–water partition coefficient (Wildman–Crippen LogP) is 13.9. The fraction of sp³-hybridized carbons (Fsp3) is 0.0588. The molecule has 0 amide bonds. The maximum absolute atomic E-state index is 9.34. The van der Waals surface area contributed by atoms with Gasteiger partial charge in [-0.1, -0.05) is 141 Å². The molecule has 1 aliphatic carbocycles. The molecular weight excluding hydrogens is 641 g/mol. The fourth-order valence-corrected chi connectivity index (χ4v) is 8.33. The maximum Gasteiger partial charge on any atom is 0.0629 e. The molecule has 0 saturated carbocycles. The summed E-state index contributed by atoms with van der Waals surface area (Å²) in [4.78, 5) is 2.34. The third-order valence-corrected chi connectivity index (χ3v) is 11.0. The molecule has 0 aliphatic heterocycles. The van der Waals surface area contributed by atoms with Crippen LogP contribution in [0, 0.1) is 0 Å². The topological polar surface area (TPSA) is 8.17 Å². The van der Waals surface area contributed by atoms with Crippen molar-refractivity contribution in [2.24, 2.45) is 0 Å². The predicted molar refractivity (Wildman–Crippen MR) is 226 cm³/mol. The van der Waals surface area contributed by atoms with Gasteiger partial charge in [-0.3, -0.25) is 0 Å². The second-order valence-corrected chi connectivity index (χ2v) is 14.5. The van der Waals surface area contributed by atoms with E-state index in [0.717, 1.165) is 55.7 Å². The monoisotopic (exact) mass is 680 g/mol. The lowest BCUT2D eigenvalue weighted by atomic mass is 9.81. The SMILES string of the molecule is [2H]/C(=C(/[2H])c1ccc2c(c1)c1ccccc1n2-c1ccccc1)c1ccc2c(c1)C(C)(C)c1cc(N(c3ccccc3)c3ccc4ccccc4c3)ccc1-2. The fourth-order valence-electron chi connectivity index (χ4n) is 8.33. The van der Waals surface area contributed by atoms with Crippen molar-refractivity contribution >= 4 is 61.7 Å². The van der Waals surface area contributed by atoms with Gasteiger partial charge in [-0.25, -0.2) is 0 Å². The molecule has 9 aromatic rings. The summed E-state index contributed by atoms with van der Waals surface area (Å²) < 4.78 is 20.9. The van der Waals surface area contributed by atoms with Crippen molar-refractivity contribution in [1.29, 1.82) is 0 Å². The van der Waals surface area contributed by atoms with Crippen molar-refractivity contribution in [2.75, 3.05) is 4.90 Å². The molecule has 1 heterocycles. The molecule has 2 nitrogen and oxygen atoms in total. The minimum atomic E-state index is -0.316. The van der Waals surface area contributed by atoms with E-state index in [2.05, 4.69) is 187 Å². The third kappa shape index (κ3) is 5.18. The van der Waals surface area contributed by atoms with E-state index < -0.39 is 0 Å². The Labute approximate surface area is 313 Å². The van der Waals surface area contributed by atoms with Crippen LogP contribution in [0.3, 0.4) is 0 Å². The number of benzene rings is 8. The minimum absolute atomic E-state index is 0.211. The molecule has 1 aliphatic rings. The molecule has 1 aromatic heterocycles. The van der Waals surface area contributed by atoms with E-state index in [-0.39, 0.29) is 17.5 Å². The largest absolute Gasteiger partial charge is 0.310 e. The van der Waals surface area contributed by atoms with Gasteiger partial charge in [0.25, 0.3) is 0 Å². The highest BCUT2D eigenvalue weighted by atomic mass is 15.1. The molecule has 2 heteroatoms. The lowest BCUT2D eigenvalue weighted by Crippen LogP contribution is -2.16. The second-order valence-electron chi connectivity index (χ2n) is 14.5.